The van der Waals surface area contributed by atoms with E-state index in [-0.39, 0.29) is 24.3 Å². The maximum Gasteiger partial charge on any atom is 0.335 e. The zero-order valence-electron chi connectivity index (χ0n) is 19.0. The molecule has 0 spiro atoms. The maximum absolute atomic E-state index is 13.7. The number of carbonyl (C=O) groups is 1. The van der Waals surface area contributed by atoms with Gasteiger partial charge in [0.2, 0.25) is 5.92 Å². The predicted molar refractivity (Wildman–Crippen MR) is 123 cm³/mol. The van der Waals surface area contributed by atoms with Crippen molar-refractivity contribution in [3.05, 3.63) is 59.9 Å². The summed E-state index contributed by atoms with van der Waals surface area (Å²) >= 11 is 0. The molecule has 1 saturated carbocycles. The van der Waals surface area contributed by atoms with Crippen molar-refractivity contribution in [2.24, 2.45) is 5.92 Å². The van der Waals surface area contributed by atoms with Gasteiger partial charge in [-0.3, -0.25) is 9.55 Å². The molecule has 1 aliphatic rings. The summed E-state index contributed by atoms with van der Waals surface area (Å²) in [6, 6.07) is 8.71. The summed E-state index contributed by atoms with van der Waals surface area (Å²) in [6.45, 7) is 4.37. The average Bonchev–Trinajstić information content (AvgIpc) is 3.34. The molecular formula is C25H25F2N5O2. The van der Waals surface area contributed by atoms with Crippen LogP contribution in [0.1, 0.15) is 47.7 Å². The van der Waals surface area contributed by atoms with Gasteiger partial charge in [-0.1, -0.05) is 12.1 Å². The Kier molecular flexibility index (Phi) is 5.42. The molecule has 1 fully saturated rings. The number of alkyl halides is 2. The molecule has 1 N–H and O–H groups in total. The van der Waals surface area contributed by atoms with Crippen molar-refractivity contribution in [1.82, 2.24) is 24.3 Å². The number of benzene rings is 1. The van der Waals surface area contributed by atoms with E-state index in [0.29, 0.717) is 19.4 Å². The molecule has 0 atom stereocenters. The normalized spacial score (nSPS) is 16.2. The van der Waals surface area contributed by atoms with Crippen LogP contribution in [0.25, 0.3) is 27.8 Å². The van der Waals surface area contributed by atoms with Gasteiger partial charge in [-0.25, -0.2) is 13.6 Å². The Labute approximate surface area is 195 Å². The minimum Gasteiger partial charge on any atom is -0.478 e. The van der Waals surface area contributed by atoms with Crippen molar-refractivity contribution < 1.29 is 18.7 Å². The molecular weight excluding hydrogens is 440 g/mol. The number of fused-ring (bicyclic) bond motifs is 1. The van der Waals surface area contributed by atoms with E-state index in [1.54, 1.807) is 30.5 Å². The van der Waals surface area contributed by atoms with E-state index in [4.69, 9.17) is 4.98 Å². The molecule has 7 nitrogen and oxygen atoms in total. The van der Waals surface area contributed by atoms with Crippen molar-refractivity contribution >= 4 is 17.0 Å². The Balaban J connectivity index is 1.59. The van der Waals surface area contributed by atoms with Crippen molar-refractivity contribution in [3.8, 4) is 16.8 Å². The second-order valence-corrected chi connectivity index (χ2v) is 9.07. The Morgan fingerprint density at radius 2 is 1.76 bits per heavy atom. The van der Waals surface area contributed by atoms with Crippen LogP contribution >= 0.6 is 0 Å². The fourth-order valence-electron chi connectivity index (χ4n) is 4.84. The van der Waals surface area contributed by atoms with Gasteiger partial charge in [-0.05, 0) is 56.4 Å². The lowest BCUT2D eigenvalue weighted by molar-refractivity contribution is -0.0472. The number of hydrogen-bond donors (Lipinski definition) is 1. The van der Waals surface area contributed by atoms with Crippen LogP contribution in [0.4, 0.5) is 8.78 Å². The van der Waals surface area contributed by atoms with Crippen molar-refractivity contribution in [1.29, 1.82) is 0 Å². The first-order chi connectivity index (χ1) is 16.2. The molecule has 0 bridgehead atoms. The third-order valence-electron chi connectivity index (χ3n) is 6.68. The second kappa shape index (κ2) is 8.30. The average molecular weight is 466 g/mol. The highest BCUT2D eigenvalue weighted by Crippen LogP contribution is 2.38. The zero-order valence-corrected chi connectivity index (χ0v) is 19.0. The lowest BCUT2D eigenvalue weighted by Gasteiger charge is -2.28. The summed E-state index contributed by atoms with van der Waals surface area (Å²) in [5.74, 6) is -1.90. The van der Waals surface area contributed by atoms with Crippen LogP contribution in [0, 0.1) is 19.8 Å². The quantitative estimate of drug-likeness (QED) is 0.425. The van der Waals surface area contributed by atoms with E-state index in [0.717, 1.165) is 39.5 Å². The van der Waals surface area contributed by atoms with Crippen LogP contribution in [-0.4, -0.2) is 41.3 Å². The van der Waals surface area contributed by atoms with E-state index in [1.165, 1.54) is 0 Å². The topological polar surface area (TPSA) is 85.8 Å². The van der Waals surface area contributed by atoms with Gasteiger partial charge in [-0.2, -0.15) is 0 Å². The standard InChI is InChI=1S/C25H25F2N5O2/c1-15-29-30-16(2)32(15)20-11-22-23(28-12-20)21(18-3-5-19(6-4-18)24(33)34)14-31(22)13-17-7-9-25(26,27)10-8-17/h3-6,11-12,14,17H,7-10,13H2,1-2H3,(H,33,34). The van der Waals surface area contributed by atoms with Gasteiger partial charge in [0.15, 0.2) is 0 Å². The van der Waals surface area contributed by atoms with Gasteiger partial charge in [0.25, 0.3) is 0 Å². The van der Waals surface area contributed by atoms with Crippen LogP contribution in [0.2, 0.25) is 0 Å². The number of aromatic nitrogens is 5. The molecule has 0 aliphatic heterocycles. The Bertz CT molecular complexity index is 1340. The summed E-state index contributed by atoms with van der Waals surface area (Å²) in [7, 11) is 0. The first-order valence-corrected chi connectivity index (χ1v) is 11.3. The van der Waals surface area contributed by atoms with Gasteiger partial charge < -0.3 is 9.67 Å². The second-order valence-electron chi connectivity index (χ2n) is 9.07. The summed E-state index contributed by atoms with van der Waals surface area (Å²) in [6.07, 6.45) is 4.56. The number of hydrogen-bond acceptors (Lipinski definition) is 4. The minimum atomic E-state index is -2.56. The molecule has 0 radical (unpaired) electrons. The summed E-state index contributed by atoms with van der Waals surface area (Å²) in [5.41, 5.74) is 4.42. The van der Waals surface area contributed by atoms with Gasteiger partial charge in [0.1, 0.15) is 11.6 Å². The SMILES string of the molecule is Cc1nnc(C)n1-c1cnc2c(-c3ccc(C(=O)O)cc3)cn(CC3CCC(F)(F)CC3)c2c1. The van der Waals surface area contributed by atoms with Crippen LogP contribution in [0.15, 0.2) is 42.7 Å². The van der Waals surface area contributed by atoms with E-state index >= 15 is 0 Å². The zero-order chi connectivity index (χ0) is 24.0. The molecule has 4 aromatic rings. The van der Waals surface area contributed by atoms with Crippen LogP contribution < -0.4 is 0 Å². The van der Waals surface area contributed by atoms with Gasteiger partial charge >= 0.3 is 5.97 Å². The largest absolute Gasteiger partial charge is 0.478 e. The smallest absolute Gasteiger partial charge is 0.335 e. The molecule has 3 aromatic heterocycles. The molecule has 9 heteroatoms. The molecule has 0 saturated heterocycles. The summed E-state index contributed by atoms with van der Waals surface area (Å²) in [4.78, 5) is 16.0. The lowest BCUT2D eigenvalue weighted by atomic mass is 9.87. The predicted octanol–water partition coefficient (Wildman–Crippen LogP) is 5.42. The van der Waals surface area contributed by atoms with Gasteiger partial charge in [-0.15, -0.1) is 10.2 Å². The number of rotatable bonds is 5. The Morgan fingerprint density at radius 3 is 2.38 bits per heavy atom. The van der Waals surface area contributed by atoms with E-state index in [1.807, 2.05) is 30.7 Å². The number of aryl methyl sites for hydroxylation is 2. The molecule has 5 rings (SSSR count). The fourth-order valence-corrected chi connectivity index (χ4v) is 4.84. The van der Waals surface area contributed by atoms with Crippen molar-refractivity contribution in [2.75, 3.05) is 0 Å². The van der Waals surface area contributed by atoms with Gasteiger partial charge in [0, 0.05) is 31.1 Å². The molecule has 1 aromatic carbocycles. The molecule has 34 heavy (non-hydrogen) atoms. The first-order valence-electron chi connectivity index (χ1n) is 11.3. The molecule has 0 amide bonds. The number of carboxylic acid groups (broad SMARTS) is 1. The van der Waals surface area contributed by atoms with Crippen LogP contribution in [-0.2, 0) is 6.54 Å². The number of carboxylic acids is 1. The Hall–Kier alpha value is -3.62. The lowest BCUT2D eigenvalue weighted by Crippen LogP contribution is -2.26. The molecule has 0 unspecified atom stereocenters. The number of nitrogens with zero attached hydrogens (tertiary/aromatic N) is 5. The van der Waals surface area contributed by atoms with E-state index in [9.17, 15) is 18.7 Å². The maximum atomic E-state index is 13.7. The Morgan fingerprint density at radius 1 is 1.12 bits per heavy atom. The monoisotopic (exact) mass is 465 g/mol. The highest BCUT2D eigenvalue weighted by Gasteiger charge is 2.35. The van der Waals surface area contributed by atoms with Crippen LogP contribution in [0.3, 0.4) is 0 Å². The van der Waals surface area contributed by atoms with Gasteiger partial charge in [0.05, 0.1) is 28.5 Å². The van der Waals surface area contributed by atoms with E-state index in [2.05, 4.69) is 14.8 Å². The van der Waals surface area contributed by atoms with E-state index < -0.39 is 11.9 Å². The van der Waals surface area contributed by atoms with Crippen molar-refractivity contribution in [2.45, 2.75) is 52.0 Å². The molecule has 1 aliphatic carbocycles. The summed E-state index contributed by atoms with van der Waals surface area (Å²) < 4.78 is 31.4. The fraction of sp³-hybridized carbons (Fsp3) is 0.360. The third kappa shape index (κ3) is 4.06. The molecule has 176 valence electrons. The number of aromatic carboxylic acids is 1. The minimum absolute atomic E-state index is 0.0804. The number of pyridine rings is 1. The molecule has 3 heterocycles. The summed E-state index contributed by atoms with van der Waals surface area (Å²) in [5, 5.41) is 17.5. The highest BCUT2D eigenvalue weighted by molar-refractivity contribution is 5.95. The highest BCUT2D eigenvalue weighted by atomic mass is 19.3. The number of halogens is 2. The first kappa shape index (κ1) is 22.2. The van der Waals surface area contributed by atoms with Crippen molar-refractivity contribution in [3.63, 3.8) is 0 Å². The third-order valence-corrected chi connectivity index (χ3v) is 6.68. The van der Waals surface area contributed by atoms with Crippen LogP contribution in [0.5, 0.6) is 0 Å².